The van der Waals surface area contributed by atoms with Crippen LogP contribution in [0.4, 0.5) is 0 Å². The van der Waals surface area contributed by atoms with Crippen molar-refractivity contribution >= 4 is 27.3 Å². The molecule has 68 valence electrons. The van der Waals surface area contributed by atoms with Crippen LogP contribution in [0.25, 0.3) is 0 Å². The van der Waals surface area contributed by atoms with Gasteiger partial charge in [0.2, 0.25) is 0 Å². The molecule has 0 amide bonds. The van der Waals surface area contributed by atoms with E-state index in [1.165, 1.54) is 0 Å². The van der Waals surface area contributed by atoms with Gasteiger partial charge >= 0.3 is 0 Å². The van der Waals surface area contributed by atoms with Crippen LogP contribution in [0.3, 0.4) is 0 Å². The van der Waals surface area contributed by atoms with Crippen molar-refractivity contribution in [1.29, 1.82) is 0 Å². The van der Waals surface area contributed by atoms with Crippen molar-refractivity contribution in [2.45, 2.75) is 20.3 Å². The Bertz CT molecular complexity index is 194. The van der Waals surface area contributed by atoms with E-state index in [0.717, 1.165) is 0 Å². The van der Waals surface area contributed by atoms with Crippen molar-refractivity contribution in [2.24, 2.45) is 5.73 Å². The van der Waals surface area contributed by atoms with Crippen LogP contribution in [0.15, 0.2) is 0 Å². The molecule has 0 aromatic rings. The summed E-state index contributed by atoms with van der Waals surface area (Å²) in [6.07, 6.45) is 0.471. The van der Waals surface area contributed by atoms with Gasteiger partial charge in [-0.25, -0.2) is 0 Å². The van der Waals surface area contributed by atoms with Crippen LogP contribution in [-0.4, -0.2) is 23.7 Å². The third-order valence-electron chi connectivity index (χ3n) is 0.462. The number of hydrogen-bond donors (Lipinski definition) is 2. The monoisotopic (exact) mass is 199 g/mol. The minimum absolute atomic E-state index is 0.132. The molecule has 3 N–H and O–H groups in total. The molecule has 0 unspecified atom stereocenters. The van der Waals surface area contributed by atoms with E-state index in [0.29, 0.717) is 11.4 Å². The molecular weight excluding hydrogens is 186 g/mol. The van der Waals surface area contributed by atoms with Gasteiger partial charge in [-0.15, -0.1) is 0 Å². The molecule has 0 atom stereocenters. The van der Waals surface area contributed by atoms with Crippen LogP contribution in [-0.2, 0) is 10.1 Å². The highest BCUT2D eigenvalue weighted by Gasteiger charge is 1.98. The van der Waals surface area contributed by atoms with E-state index in [1.54, 1.807) is 13.8 Å². The summed E-state index contributed by atoms with van der Waals surface area (Å²) < 4.78 is 27.6. The molecule has 0 fully saturated rings. The van der Waals surface area contributed by atoms with Gasteiger partial charge in [-0.05, 0) is 13.3 Å². The molecule has 4 nitrogen and oxygen atoms in total. The normalized spacial score (nSPS) is 9.73. The van der Waals surface area contributed by atoms with Crippen LogP contribution >= 0.6 is 12.2 Å². The second-order valence-corrected chi connectivity index (χ2v) is 4.11. The number of thiocarbonyl (C=S) groups is 1. The first-order valence-corrected chi connectivity index (χ1v) is 5.02. The fraction of sp³-hybridized carbons (Fsp3) is 0.800. The molecule has 0 aromatic carbocycles. The fourth-order valence-corrected chi connectivity index (χ4v) is 0.774. The van der Waals surface area contributed by atoms with Crippen molar-refractivity contribution in [3.05, 3.63) is 0 Å². The lowest BCUT2D eigenvalue weighted by atomic mass is 10.6. The van der Waals surface area contributed by atoms with Crippen molar-refractivity contribution in [3.8, 4) is 0 Å². The van der Waals surface area contributed by atoms with E-state index in [9.17, 15) is 8.42 Å². The van der Waals surface area contributed by atoms with E-state index in [-0.39, 0.29) is 5.75 Å². The van der Waals surface area contributed by atoms with Crippen LogP contribution in [0.1, 0.15) is 20.3 Å². The number of hydrogen-bond acceptors (Lipinski definition) is 3. The lowest BCUT2D eigenvalue weighted by molar-refractivity contribution is 0.482. The zero-order valence-electron chi connectivity index (χ0n) is 6.57. The Morgan fingerprint density at radius 2 is 1.91 bits per heavy atom. The SMILES string of the molecule is CC(N)=S.CCCS(=O)(=O)O. The Morgan fingerprint density at radius 3 is 1.91 bits per heavy atom. The van der Waals surface area contributed by atoms with Crippen LogP contribution in [0.5, 0.6) is 0 Å². The highest BCUT2D eigenvalue weighted by molar-refractivity contribution is 7.85. The van der Waals surface area contributed by atoms with E-state index < -0.39 is 10.1 Å². The molecule has 6 heteroatoms. The van der Waals surface area contributed by atoms with Gasteiger partial charge in [0.05, 0.1) is 10.7 Å². The molecule has 0 aliphatic heterocycles. The van der Waals surface area contributed by atoms with Crippen LogP contribution < -0.4 is 5.73 Å². The van der Waals surface area contributed by atoms with Crippen LogP contribution in [0.2, 0.25) is 0 Å². The van der Waals surface area contributed by atoms with E-state index >= 15 is 0 Å². The Kier molecular flexibility index (Phi) is 7.92. The Morgan fingerprint density at radius 1 is 1.64 bits per heavy atom. The van der Waals surface area contributed by atoms with Gasteiger partial charge in [-0.3, -0.25) is 4.55 Å². The highest BCUT2D eigenvalue weighted by atomic mass is 32.2. The second-order valence-electron chi connectivity index (χ2n) is 1.90. The van der Waals surface area contributed by atoms with Gasteiger partial charge in [0, 0.05) is 0 Å². The predicted octanol–water partition coefficient (Wildman–Crippen LogP) is 0.577. The van der Waals surface area contributed by atoms with Gasteiger partial charge in [-0.2, -0.15) is 8.42 Å². The molecule has 11 heavy (non-hydrogen) atoms. The molecule has 0 radical (unpaired) electrons. The van der Waals surface area contributed by atoms with Gasteiger partial charge in [0.1, 0.15) is 0 Å². The van der Waals surface area contributed by atoms with Crippen molar-refractivity contribution in [1.82, 2.24) is 0 Å². The zero-order chi connectivity index (χ0) is 9.49. The molecule has 0 saturated carbocycles. The minimum Gasteiger partial charge on any atom is -0.394 e. The molecule has 0 aromatic heterocycles. The van der Waals surface area contributed by atoms with Crippen molar-refractivity contribution < 1.29 is 13.0 Å². The summed E-state index contributed by atoms with van der Waals surface area (Å²) >= 11 is 4.31. The first-order valence-electron chi connectivity index (χ1n) is 3.00. The Labute approximate surface area is 72.5 Å². The molecule has 0 aliphatic rings. The average molecular weight is 199 g/mol. The standard InChI is InChI=1S/C3H8O3S.C2H5NS/c1-2-3-7(4,5)6;1-2(3)4/h2-3H2,1H3,(H,4,5,6);1H3,(H2,3,4). The largest absolute Gasteiger partial charge is 0.394 e. The van der Waals surface area contributed by atoms with Crippen molar-refractivity contribution in [3.63, 3.8) is 0 Å². The lowest BCUT2D eigenvalue weighted by Crippen LogP contribution is -2.01. The van der Waals surface area contributed by atoms with Gasteiger partial charge in [0.15, 0.2) is 0 Å². The summed E-state index contributed by atoms with van der Waals surface area (Å²) in [7, 11) is -3.67. The molecule has 0 bridgehead atoms. The second kappa shape index (κ2) is 6.51. The fourth-order valence-electron chi connectivity index (χ4n) is 0.258. The molecule has 0 rings (SSSR count). The molecule has 0 heterocycles. The topological polar surface area (TPSA) is 80.4 Å². The summed E-state index contributed by atoms with van der Waals surface area (Å²) in [5, 5.41) is 0. The van der Waals surface area contributed by atoms with Crippen molar-refractivity contribution in [2.75, 3.05) is 5.75 Å². The quantitative estimate of drug-likeness (QED) is 0.502. The highest BCUT2D eigenvalue weighted by Crippen LogP contribution is 1.83. The number of rotatable bonds is 2. The lowest BCUT2D eigenvalue weighted by Gasteiger charge is -1.85. The molecule has 0 aliphatic carbocycles. The number of nitrogens with two attached hydrogens (primary N) is 1. The predicted molar refractivity (Wildman–Crippen MR) is 49.2 cm³/mol. The average Bonchev–Trinajstić information content (AvgIpc) is 1.58. The van der Waals surface area contributed by atoms with Crippen LogP contribution in [0, 0.1) is 0 Å². The smallest absolute Gasteiger partial charge is 0.264 e. The summed E-state index contributed by atoms with van der Waals surface area (Å²) in [4.78, 5) is 0.500. The zero-order valence-corrected chi connectivity index (χ0v) is 8.20. The maximum absolute atomic E-state index is 9.79. The van der Waals surface area contributed by atoms with E-state index in [1.807, 2.05) is 0 Å². The maximum Gasteiger partial charge on any atom is 0.264 e. The summed E-state index contributed by atoms with van der Waals surface area (Å²) in [6, 6.07) is 0. The van der Waals surface area contributed by atoms with Gasteiger partial charge in [-0.1, -0.05) is 19.1 Å². The molecule has 0 saturated heterocycles. The third kappa shape index (κ3) is 41.3. The Balaban J connectivity index is 0. The molecular formula is C5H13NO3S2. The molecule has 0 spiro atoms. The first-order chi connectivity index (χ1) is 4.79. The summed E-state index contributed by atoms with van der Waals surface area (Å²) in [5.74, 6) is -0.132. The minimum atomic E-state index is -3.67. The Hall–Kier alpha value is -0.200. The van der Waals surface area contributed by atoms with E-state index in [2.05, 4.69) is 12.2 Å². The first kappa shape index (κ1) is 13.4. The summed E-state index contributed by atoms with van der Waals surface area (Å²) in [6.45, 7) is 3.36. The van der Waals surface area contributed by atoms with Gasteiger partial charge < -0.3 is 5.73 Å². The van der Waals surface area contributed by atoms with Gasteiger partial charge in [0.25, 0.3) is 10.1 Å². The summed E-state index contributed by atoms with van der Waals surface area (Å²) in [5.41, 5.74) is 4.84. The maximum atomic E-state index is 9.79. The third-order valence-corrected chi connectivity index (χ3v) is 1.39. The van der Waals surface area contributed by atoms with E-state index in [4.69, 9.17) is 10.3 Å².